The lowest BCUT2D eigenvalue weighted by Crippen LogP contribution is -2.24. The van der Waals surface area contributed by atoms with Gasteiger partial charge in [0, 0.05) is 6.42 Å². The average molecular weight is 160 g/mol. The van der Waals surface area contributed by atoms with Gasteiger partial charge in [-0.15, -0.1) is 6.42 Å². The predicted molar refractivity (Wildman–Crippen MR) is 49.6 cm³/mol. The quantitative estimate of drug-likeness (QED) is 0.652. The van der Waals surface area contributed by atoms with Crippen molar-refractivity contribution < 1.29 is 5.11 Å². The maximum absolute atomic E-state index is 9.54. The van der Waals surface area contributed by atoms with Crippen molar-refractivity contribution in [3.63, 3.8) is 0 Å². The number of hydrogen-bond acceptors (Lipinski definition) is 1. The minimum atomic E-state index is -1.03. The lowest BCUT2D eigenvalue weighted by molar-refractivity contribution is 0.123. The fourth-order valence-electron chi connectivity index (χ4n) is 1.04. The van der Waals surface area contributed by atoms with Gasteiger partial charge in [0.2, 0.25) is 0 Å². The highest BCUT2D eigenvalue weighted by molar-refractivity contribution is 5.20. The van der Waals surface area contributed by atoms with Gasteiger partial charge < -0.3 is 5.11 Å². The first-order valence-electron chi connectivity index (χ1n) is 3.88. The Labute approximate surface area is 73.0 Å². The first-order valence-corrected chi connectivity index (χ1v) is 3.88. The molecule has 0 unspecified atom stereocenters. The molecule has 1 heteroatoms. The van der Waals surface area contributed by atoms with Crippen LogP contribution in [0.3, 0.4) is 0 Å². The molecule has 0 aliphatic rings. The van der Waals surface area contributed by atoms with Crippen LogP contribution in [0.4, 0.5) is 0 Å². The Bertz CT molecular complexity index is 280. The second-order valence-electron chi connectivity index (χ2n) is 3.08. The average Bonchev–Trinajstić information content (AvgIpc) is 2.06. The molecule has 0 amide bonds. The second-order valence-corrected chi connectivity index (χ2v) is 3.08. The van der Waals surface area contributed by atoms with Crippen LogP contribution in [0.15, 0.2) is 30.3 Å². The van der Waals surface area contributed by atoms with Gasteiger partial charge in [0.15, 0.2) is 0 Å². The summed E-state index contributed by atoms with van der Waals surface area (Å²) in [4.78, 5) is 0. The maximum Gasteiger partial charge on any atom is 0.126 e. The smallest absolute Gasteiger partial charge is 0.126 e. The SMILES string of the molecule is C#C[C@@](C)(O)Cc1ccccc1. The number of hydrogen-bond donors (Lipinski definition) is 1. The fraction of sp³-hybridized carbons (Fsp3) is 0.273. The molecule has 1 rings (SSSR count). The first kappa shape index (κ1) is 8.83. The molecular weight excluding hydrogens is 148 g/mol. The molecule has 0 aromatic heterocycles. The maximum atomic E-state index is 9.54. The molecule has 0 saturated carbocycles. The molecule has 1 nitrogen and oxygen atoms in total. The van der Waals surface area contributed by atoms with Crippen LogP contribution >= 0.6 is 0 Å². The Morgan fingerprint density at radius 3 is 2.50 bits per heavy atom. The van der Waals surface area contributed by atoms with E-state index in [1.54, 1.807) is 6.92 Å². The normalized spacial score (nSPS) is 14.8. The Morgan fingerprint density at radius 2 is 2.00 bits per heavy atom. The minimum absolute atomic E-state index is 0.504. The van der Waals surface area contributed by atoms with Gasteiger partial charge in [0.25, 0.3) is 0 Å². The van der Waals surface area contributed by atoms with E-state index in [1.807, 2.05) is 30.3 Å². The summed E-state index contributed by atoms with van der Waals surface area (Å²) in [6, 6.07) is 9.70. The van der Waals surface area contributed by atoms with Gasteiger partial charge in [0.1, 0.15) is 5.60 Å². The summed E-state index contributed by atoms with van der Waals surface area (Å²) in [5.74, 6) is 2.35. The lowest BCUT2D eigenvalue weighted by atomic mass is 9.98. The van der Waals surface area contributed by atoms with Gasteiger partial charge >= 0.3 is 0 Å². The van der Waals surface area contributed by atoms with E-state index in [9.17, 15) is 5.11 Å². The summed E-state index contributed by atoms with van der Waals surface area (Å²) in [7, 11) is 0. The predicted octanol–water partition coefficient (Wildman–Crippen LogP) is 1.61. The van der Waals surface area contributed by atoms with Gasteiger partial charge in [0.05, 0.1) is 0 Å². The first-order chi connectivity index (χ1) is 5.64. The molecule has 0 radical (unpaired) electrons. The lowest BCUT2D eigenvalue weighted by Gasteiger charge is -2.15. The molecule has 1 atom stereocenters. The molecule has 62 valence electrons. The van der Waals surface area contributed by atoms with Crippen molar-refractivity contribution in [2.45, 2.75) is 18.9 Å². The van der Waals surface area contributed by atoms with Crippen LogP contribution in [0, 0.1) is 12.3 Å². The number of terminal acetylenes is 1. The summed E-state index contributed by atoms with van der Waals surface area (Å²) in [6.45, 7) is 1.64. The van der Waals surface area contributed by atoms with Crippen LogP contribution in [0.2, 0.25) is 0 Å². The molecule has 0 saturated heterocycles. The van der Waals surface area contributed by atoms with E-state index in [0.29, 0.717) is 6.42 Å². The van der Waals surface area contributed by atoms with E-state index in [1.165, 1.54) is 0 Å². The van der Waals surface area contributed by atoms with Crippen LogP contribution in [-0.4, -0.2) is 10.7 Å². The summed E-state index contributed by atoms with van der Waals surface area (Å²) >= 11 is 0. The zero-order chi connectivity index (χ0) is 9.03. The van der Waals surface area contributed by atoms with Gasteiger partial charge in [-0.25, -0.2) is 0 Å². The highest BCUT2D eigenvalue weighted by Crippen LogP contribution is 2.11. The van der Waals surface area contributed by atoms with Crippen LogP contribution in [0.1, 0.15) is 12.5 Å². The molecule has 0 fully saturated rings. The second kappa shape index (κ2) is 3.42. The van der Waals surface area contributed by atoms with Crippen molar-refractivity contribution in [2.24, 2.45) is 0 Å². The molecule has 1 aromatic rings. The van der Waals surface area contributed by atoms with Crippen molar-refractivity contribution in [1.82, 2.24) is 0 Å². The van der Waals surface area contributed by atoms with E-state index in [-0.39, 0.29) is 0 Å². The highest BCUT2D eigenvalue weighted by atomic mass is 16.3. The third kappa shape index (κ3) is 2.41. The number of benzene rings is 1. The van der Waals surface area contributed by atoms with Crippen molar-refractivity contribution in [3.8, 4) is 12.3 Å². The molecule has 0 spiro atoms. The molecule has 0 aliphatic carbocycles. The number of rotatable bonds is 2. The van der Waals surface area contributed by atoms with Gasteiger partial charge in [-0.05, 0) is 12.5 Å². The molecule has 1 aromatic carbocycles. The van der Waals surface area contributed by atoms with Crippen molar-refractivity contribution in [3.05, 3.63) is 35.9 Å². The summed E-state index contributed by atoms with van der Waals surface area (Å²) in [5, 5.41) is 9.54. The third-order valence-corrected chi connectivity index (χ3v) is 1.70. The van der Waals surface area contributed by atoms with Crippen LogP contribution in [-0.2, 0) is 6.42 Å². The Hall–Kier alpha value is -1.26. The molecule has 0 heterocycles. The summed E-state index contributed by atoms with van der Waals surface area (Å²) < 4.78 is 0. The van der Waals surface area contributed by atoms with Crippen LogP contribution in [0.5, 0.6) is 0 Å². The van der Waals surface area contributed by atoms with E-state index in [4.69, 9.17) is 6.42 Å². The summed E-state index contributed by atoms with van der Waals surface area (Å²) in [5.41, 5.74) is 0.0295. The Kier molecular flexibility index (Phi) is 2.52. The van der Waals surface area contributed by atoms with Gasteiger partial charge in [-0.2, -0.15) is 0 Å². The standard InChI is InChI=1S/C11H12O/c1-3-11(2,12)9-10-7-5-4-6-8-10/h1,4-8,12H,9H2,2H3/t11-/m1/s1. The van der Waals surface area contributed by atoms with E-state index in [2.05, 4.69) is 5.92 Å². The topological polar surface area (TPSA) is 20.2 Å². The van der Waals surface area contributed by atoms with E-state index >= 15 is 0 Å². The molecular formula is C11H12O. The Morgan fingerprint density at radius 1 is 1.42 bits per heavy atom. The van der Waals surface area contributed by atoms with E-state index < -0.39 is 5.60 Å². The fourth-order valence-corrected chi connectivity index (χ4v) is 1.04. The van der Waals surface area contributed by atoms with Gasteiger partial charge in [-0.3, -0.25) is 0 Å². The number of aliphatic hydroxyl groups is 1. The zero-order valence-corrected chi connectivity index (χ0v) is 7.12. The molecule has 0 aliphatic heterocycles. The molecule has 1 N–H and O–H groups in total. The minimum Gasteiger partial charge on any atom is -0.378 e. The van der Waals surface area contributed by atoms with Crippen molar-refractivity contribution in [2.75, 3.05) is 0 Å². The highest BCUT2D eigenvalue weighted by Gasteiger charge is 2.16. The Balaban J connectivity index is 2.72. The molecule has 12 heavy (non-hydrogen) atoms. The molecule has 0 bridgehead atoms. The van der Waals surface area contributed by atoms with Crippen LogP contribution < -0.4 is 0 Å². The van der Waals surface area contributed by atoms with Crippen LogP contribution in [0.25, 0.3) is 0 Å². The van der Waals surface area contributed by atoms with E-state index in [0.717, 1.165) is 5.56 Å². The monoisotopic (exact) mass is 160 g/mol. The van der Waals surface area contributed by atoms with Gasteiger partial charge in [-0.1, -0.05) is 36.3 Å². The van der Waals surface area contributed by atoms with Crippen molar-refractivity contribution in [1.29, 1.82) is 0 Å². The zero-order valence-electron chi connectivity index (χ0n) is 7.12. The largest absolute Gasteiger partial charge is 0.378 e. The summed E-state index contributed by atoms with van der Waals surface area (Å²) in [6.07, 6.45) is 5.66. The third-order valence-electron chi connectivity index (χ3n) is 1.70. The van der Waals surface area contributed by atoms with Crippen molar-refractivity contribution >= 4 is 0 Å².